The molecule has 3 rings (SSSR count). The van der Waals surface area contributed by atoms with Gasteiger partial charge in [0.05, 0.1) is 5.56 Å². The zero-order valence-electron chi connectivity index (χ0n) is 11.1. The number of benzene rings is 1. The summed E-state index contributed by atoms with van der Waals surface area (Å²) in [6.45, 7) is 0. The first-order valence-electron chi connectivity index (χ1n) is 7.14. The second-order valence-corrected chi connectivity index (χ2v) is 6.14. The molecule has 2 bridgehead atoms. The minimum atomic E-state index is -4.39. The number of alkyl halides is 3. The van der Waals surface area contributed by atoms with Crippen molar-refractivity contribution in [1.29, 1.82) is 0 Å². The summed E-state index contributed by atoms with van der Waals surface area (Å²) in [6.07, 6.45) is 0.755. The summed E-state index contributed by atoms with van der Waals surface area (Å²) >= 11 is 0. The van der Waals surface area contributed by atoms with E-state index in [-0.39, 0.29) is 11.3 Å². The molecule has 0 heterocycles. The second kappa shape index (κ2) is 4.90. The molecule has 2 fully saturated rings. The molecular weight excluding hydrogens is 265 g/mol. The normalized spacial score (nSPS) is 28.9. The van der Waals surface area contributed by atoms with Gasteiger partial charge in [0, 0.05) is 12.0 Å². The third-order valence-electron chi connectivity index (χ3n) is 4.84. The van der Waals surface area contributed by atoms with E-state index in [4.69, 9.17) is 0 Å². The third-order valence-corrected chi connectivity index (χ3v) is 4.84. The zero-order chi connectivity index (χ0) is 14.3. The van der Waals surface area contributed by atoms with Crippen LogP contribution < -0.4 is 0 Å². The van der Waals surface area contributed by atoms with Gasteiger partial charge in [-0.15, -0.1) is 0 Å². The van der Waals surface area contributed by atoms with Gasteiger partial charge in [-0.3, -0.25) is 4.79 Å². The summed E-state index contributed by atoms with van der Waals surface area (Å²) in [7, 11) is 0. The Labute approximate surface area is 116 Å². The van der Waals surface area contributed by atoms with E-state index in [2.05, 4.69) is 0 Å². The smallest absolute Gasteiger partial charge is 0.294 e. The highest BCUT2D eigenvalue weighted by molar-refractivity contribution is 5.96. The highest BCUT2D eigenvalue weighted by Crippen LogP contribution is 2.49. The molecule has 3 unspecified atom stereocenters. The van der Waals surface area contributed by atoms with E-state index >= 15 is 0 Å². The Hall–Kier alpha value is -1.32. The van der Waals surface area contributed by atoms with Crippen molar-refractivity contribution in [2.24, 2.45) is 17.8 Å². The first-order valence-corrected chi connectivity index (χ1v) is 7.14. The largest absolute Gasteiger partial charge is 0.416 e. The lowest BCUT2D eigenvalue weighted by Crippen LogP contribution is -2.16. The summed E-state index contributed by atoms with van der Waals surface area (Å²) in [5, 5.41) is 0. The molecule has 0 amide bonds. The molecule has 2 aliphatic rings. The predicted molar refractivity (Wildman–Crippen MR) is 69.3 cm³/mol. The average molecular weight is 282 g/mol. The van der Waals surface area contributed by atoms with Crippen LogP contribution in [0.15, 0.2) is 24.3 Å². The van der Waals surface area contributed by atoms with Gasteiger partial charge in [-0.2, -0.15) is 13.2 Å². The van der Waals surface area contributed by atoms with Gasteiger partial charge in [0.15, 0.2) is 5.78 Å². The van der Waals surface area contributed by atoms with Gasteiger partial charge in [0.25, 0.3) is 0 Å². The monoisotopic (exact) mass is 282 g/mol. The molecule has 0 radical (unpaired) electrons. The number of carbonyl (C=O) groups is 1. The number of Topliss-reactive ketones (excluding diaryl/α,β-unsaturated/α-hetero) is 1. The van der Waals surface area contributed by atoms with Crippen LogP contribution >= 0.6 is 0 Å². The number of rotatable bonds is 3. The molecule has 1 aromatic carbocycles. The van der Waals surface area contributed by atoms with E-state index in [1.54, 1.807) is 0 Å². The third kappa shape index (κ3) is 2.60. The molecule has 108 valence electrons. The Bertz CT molecular complexity index is 521. The van der Waals surface area contributed by atoms with Crippen LogP contribution in [0.2, 0.25) is 0 Å². The number of fused-ring (bicyclic) bond motifs is 2. The fraction of sp³-hybridized carbons (Fsp3) is 0.562. The number of hydrogen-bond donors (Lipinski definition) is 0. The summed E-state index contributed by atoms with van der Waals surface area (Å²) in [6, 6.07) is 4.80. The van der Waals surface area contributed by atoms with E-state index in [0.29, 0.717) is 18.3 Å². The van der Waals surface area contributed by atoms with Gasteiger partial charge in [-0.25, -0.2) is 0 Å². The Morgan fingerprint density at radius 1 is 1.20 bits per heavy atom. The SMILES string of the molecule is O=C(CC1CC2CCC1C2)c1cccc(C(F)(F)F)c1. The van der Waals surface area contributed by atoms with Gasteiger partial charge < -0.3 is 0 Å². The fourth-order valence-electron chi connectivity index (χ4n) is 3.85. The van der Waals surface area contributed by atoms with Crippen LogP contribution in [0.4, 0.5) is 13.2 Å². The maximum absolute atomic E-state index is 12.6. The molecule has 0 saturated heterocycles. The highest BCUT2D eigenvalue weighted by atomic mass is 19.4. The van der Waals surface area contributed by atoms with E-state index in [1.807, 2.05) is 0 Å². The molecule has 2 aliphatic carbocycles. The minimum absolute atomic E-state index is 0.145. The van der Waals surface area contributed by atoms with Gasteiger partial charge in [0.1, 0.15) is 0 Å². The van der Waals surface area contributed by atoms with E-state index in [1.165, 1.54) is 31.4 Å². The molecule has 1 nitrogen and oxygen atoms in total. The van der Waals surface area contributed by atoms with Gasteiger partial charge in [-0.1, -0.05) is 18.6 Å². The quantitative estimate of drug-likeness (QED) is 0.733. The Balaban J connectivity index is 1.71. The van der Waals surface area contributed by atoms with Gasteiger partial charge in [-0.05, 0) is 49.1 Å². The van der Waals surface area contributed by atoms with Crippen molar-refractivity contribution in [1.82, 2.24) is 0 Å². The van der Waals surface area contributed by atoms with E-state index in [0.717, 1.165) is 24.5 Å². The number of hydrogen-bond acceptors (Lipinski definition) is 1. The molecule has 2 saturated carbocycles. The van der Waals surface area contributed by atoms with Crippen LogP contribution in [-0.4, -0.2) is 5.78 Å². The van der Waals surface area contributed by atoms with Gasteiger partial charge >= 0.3 is 6.18 Å². The van der Waals surface area contributed by atoms with Crippen LogP contribution in [0.1, 0.15) is 48.0 Å². The molecule has 3 atom stereocenters. The van der Waals surface area contributed by atoms with E-state index < -0.39 is 11.7 Å². The van der Waals surface area contributed by atoms with Crippen LogP contribution in [0.3, 0.4) is 0 Å². The summed E-state index contributed by atoms with van der Waals surface area (Å²) in [5.41, 5.74) is -0.543. The number of ketones is 1. The Kier molecular flexibility index (Phi) is 3.35. The fourth-order valence-corrected chi connectivity index (χ4v) is 3.85. The molecule has 4 heteroatoms. The molecule has 0 spiro atoms. The molecule has 0 aromatic heterocycles. The van der Waals surface area contributed by atoms with Crippen LogP contribution in [0.5, 0.6) is 0 Å². The second-order valence-electron chi connectivity index (χ2n) is 6.14. The minimum Gasteiger partial charge on any atom is -0.294 e. The standard InChI is InChI=1S/C16H17F3O/c17-16(18,19)14-3-1-2-12(8-14)15(20)9-13-7-10-4-5-11(13)6-10/h1-3,8,10-11,13H,4-7,9H2. The topological polar surface area (TPSA) is 17.1 Å². The van der Waals surface area contributed by atoms with Gasteiger partial charge in [0.2, 0.25) is 0 Å². The summed E-state index contributed by atoms with van der Waals surface area (Å²) in [4.78, 5) is 12.2. The maximum Gasteiger partial charge on any atom is 0.416 e. The number of carbonyl (C=O) groups excluding carboxylic acids is 1. The van der Waals surface area contributed by atoms with Crippen molar-refractivity contribution in [2.45, 2.75) is 38.3 Å². The molecule has 0 N–H and O–H groups in total. The summed E-state index contributed by atoms with van der Waals surface area (Å²) in [5.74, 6) is 1.61. The van der Waals surface area contributed by atoms with Crippen molar-refractivity contribution in [3.05, 3.63) is 35.4 Å². The highest BCUT2D eigenvalue weighted by Gasteiger charge is 2.40. The van der Waals surface area contributed by atoms with Crippen molar-refractivity contribution in [3.63, 3.8) is 0 Å². The molecular formula is C16H17F3O. The average Bonchev–Trinajstić information content (AvgIpc) is 3.00. The number of halogens is 3. The maximum atomic E-state index is 12.6. The van der Waals surface area contributed by atoms with Crippen molar-refractivity contribution < 1.29 is 18.0 Å². The van der Waals surface area contributed by atoms with Crippen molar-refractivity contribution in [2.75, 3.05) is 0 Å². The van der Waals surface area contributed by atoms with Crippen molar-refractivity contribution >= 4 is 5.78 Å². The lowest BCUT2D eigenvalue weighted by Gasteiger charge is -2.20. The van der Waals surface area contributed by atoms with Crippen LogP contribution in [0.25, 0.3) is 0 Å². The Morgan fingerprint density at radius 3 is 2.60 bits per heavy atom. The lowest BCUT2D eigenvalue weighted by molar-refractivity contribution is -0.137. The van der Waals surface area contributed by atoms with Crippen LogP contribution in [0, 0.1) is 17.8 Å². The predicted octanol–water partition coefficient (Wildman–Crippen LogP) is 4.71. The zero-order valence-corrected chi connectivity index (χ0v) is 11.1. The molecule has 1 aromatic rings. The molecule has 20 heavy (non-hydrogen) atoms. The molecule has 0 aliphatic heterocycles. The lowest BCUT2D eigenvalue weighted by atomic mass is 9.84. The first kappa shape index (κ1) is 13.7. The first-order chi connectivity index (χ1) is 9.43. The summed E-state index contributed by atoms with van der Waals surface area (Å²) < 4.78 is 37.9. The van der Waals surface area contributed by atoms with Crippen LogP contribution in [-0.2, 0) is 6.18 Å². The van der Waals surface area contributed by atoms with E-state index in [9.17, 15) is 18.0 Å². The Morgan fingerprint density at radius 2 is 2.00 bits per heavy atom. The van der Waals surface area contributed by atoms with Crippen molar-refractivity contribution in [3.8, 4) is 0 Å².